The fraction of sp³-hybridized carbons (Fsp3) is 0.318. The molecule has 0 unspecified atom stereocenters. The number of thioether (sulfide) groups is 1. The van der Waals surface area contributed by atoms with E-state index in [2.05, 4.69) is 60.8 Å². The van der Waals surface area contributed by atoms with Crippen LogP contribution in [0.25, 0.3) is 5.69 Å². The number of aryl methyl sites for hydroxylation is 2. The number of amides is 1. The first-order chi connectivity index (χ1) is 14.0. The van der Waals surface area contributed by atoms with Gasteiger partial charge in [-0.05, 0) is 26.0 Å². The number of likely N-dealkylation sites (N-methyl/N-ethyl adjacent to an activating group) is 1. The van der Waals surface area contributed by atoms with Gasteiger partial charge in [0, 0.05) is 11.3 Å². The van der Waals surface area contributed by atoms with E-state index < -0.39 is 0 Å². The van der Waals surface area contributed by atoms with Crippen molar-refractivity contribution in [3.05, 3.63) is 71.5 Å². The highest BCUT2D eigenvalue weighted by Crippen LogP contribution is 2.22. The zero-order valence-corrected chi connectivity index (χ0v) is 18.2. The van der Waals surface area contributed by atoms with Gasteiger partial charge in [0.25, 0.3) is 0 Å². The van der Waals surface area contributed by atoms with Crippen molar-refractivity contribution in [3.63, 3.8) is 0 Å². The van der Waals surface area contributed by atoms with E-state index in [1.165, 1.54) is 27.8 Å². The number of quaternary nitrogens is 1. The van der Waals surface area contributed by atoms with Crippen LogP contribution in [0.4, 0.5) is 0 Å². The average Bonchev–Trinajstić information content (AvgIpc) is 3.08. The number of rotatable bonds is 8. The Hall–Kier alpha value is -2.64. The number of hydrogen-bond donors (Lipinski definition) is 2. The third-order valence-corrected chi connectivity index (χ3v) is 5.75. The van der Waals surface area contributed by atoms with E-state index in [0.717, 1.165) is 16.7 Å². The topological polar surface area (TPSA) is 64.2 Å². The number of carbonyl (C=O) groups is 1. The molecule has 3 rings (SSSR count). The van der Waals surface area contributed by atoms with Gasteiger partial charge in [-0.3, -0.25) is 9.36 Å². The minimum Gasteiger partial charge on any atom is -0.349 e. The fourth-order valence-electron chi connectivity index (χ4n) is 3.17. The van der Waals surface area contributed by atoms with Crippen LogP contribution in [0.2, 0.25) is 0 Å². The van der Waals surface area contributed by atoms with Gasteiger partial charge in [-0.25, -0.2) is 0 Å². The van der Waals surface area contributed by atoms with E-state index in [1.54, 1.807) is 0 Å². The molecule has 0 aliphatic carbocycles. The molecular formula is C22H28N5OS+. The van der Waals surface area contributed by atoms with E-state index in [9.17, 15) is 4.79 Å². The molecule has 2 N–H and O–H groups in total. The predicted molar refractivity (Wildman–Crippen MR) is 117 cm³/mol. The summed E-state index contributed by atoms with van der Waals surface area (Å²) in [5.74, 6) is 1.10. The molecule has 0 fully saturated rings. The molecule has 0 saturated carbocycles. The summed E-state index contributed by atoms with van der Waals surface area (Å²) >= 11 is 1.40. The quantitative estimate of drug-likeness (QED) is 0.558. The summed E-state index contributed by atoms with van der Waals surface area (Å²) in [4.78, 5) is 13.8. The number of carbonyl (C=O) groups excluding carboxylic acids is 1. The molecule has 1 amide bonds. The highest BCUT2D eigenvalue weighted by Gasteiger charge is 2.19. The normalized spacial score (nSPS) is 12.2. The van der Waals surface area contributed by atoms with Crippen LogP contribution >= 0.6 is 11.8 Å². The third kappa shape index (κ3) is 5.46. The predicted octanol–water partition coefficient (Wildman–Crippen LogP) is 1.98. The van der Waals surface area contributed by atoms with Crippen LogP contribution in [0.5, 0.6) is 0 Å². The summed E-state index contributed by atoms with van der Waals surface area (Å²) in [7, 11) is 4.21. The Morgan fingerprint density at radius 2 is 1.76 bits per heavy atom. The van der Waals surface area contributed by atoms with E-state index in [1.807, 2.05) is 41.8 Å². The minimum absolute atomic E-state index is 0.00621. The lowest BCUT2D eigenvalue weighted by molar-refractivity contribution is -0.890. The maximum Gasteiger partial charge on any atom is 0.230 e. The average molecular weight is 411 g/mol. The van der Waals surface area contributed by atoms with Crippen molar-refractivity contribution in [2.75, 3.05) is 26.4 Å². The molecule has 2 aromatic carbocycles. The van der Waals surface area contributed by atoms with Crippen LogP contribution in [0.15, 0.2) is 59.8 Å². The molecule has 7 heteroatoms. The van der Waals surface area contributed by atoms with Crippen LogP contribution in [0, 0.1) is 13.8 Å². The maximum absolute atomic E-state index is 12.5. The second-order valence-corrected chi connectivity index (χ2v) is 8.28. The Morgan fingerprint density at radius 3 is 2.41 bits per heavy atom. The standard InChI is InChI=1S/C22H27N5OS/c1-16-10-12-19(13-11-16)27-17(2)24-25-22(27)29-15-21(28)23-14-20(26(3)4)18-8-6-5-7-9-18/h5-13,20H,14-15H2,1-4H3,(H,23,28)/p+1/t20-/m1/s1. The molecule has 1 atom stereocenters. The lowest BCUT2D eigenvalue weighted by Crippen LogP contribution is -3.07. The molecule has 29 heavy (non-hydrogen) atoms. The minimum atomic E-state index is -0.00621. The van der Waals surface area contributed by atoms with E-state index in [4.69, 9.17) is 0 Å². The van der Waals surface area contributed by atoms with Gasteiger partial charge >= 0.3 is 0 Å². The summed E-state index contributed by atoms with van der Waals surface area (Å²) in [6, 6.07) is 18.7. The van der Waals surface area contributed by atoms with Crippen LogP contribution < -0.4 is 10.2 Å². The summed E-state index contributed by atoms with van der Waals surface area (Å²) < 4.78 is 1.98. The number of hydrogen-bond acceptors (Lipinski definition) is 4. The van der Waals surface area contributed by atoms with Gasteiger partial charge < -0.3 is 10.2 Å². The molecular weight excluding hydrogens is 382 g/mol. The first kappa shape index (κ1) is 21.1. The fourth-order valence-corrected chi connectivity index (χ4v) is 3.99. The molecule has 0 saturated heterocycles. The first-order valence-electron chi connectivity index (χ1n) is 9.69. The van der Waals surface area contributed by atoms with Crippen molar-refractivity contribution in [1.29, 1.82) is 0 Å². The summed E-state index contributed by atoms with van der Waals surface area (Å²) in [5.41, 5.74) is 3.42. The van der Waals surface area contributed by atoms with Crippen molar-refractivity contribution in [2.45, 2.75) is 25.0 Å². The van der Waals surface area contributed by atoms with Gasteiger partial charge in [0.2, 0.25) is 5.91 Å². The van der Waals surface area contributed by atoms with Crippen molar-refractivity contribution >= 4 is 17.7 Å². The summed E-state index contributed by atoms with van der Waals surface area (Å²) in [5, 5.41) is 12.2. The first-order valence-corrected chi connectivity index (χ1v) is 10.7. The van der Waals surface area contributed by atoms with Crippen LogP contribution in [-0.2, 0) is 4.79 Å². The van der Waals surface area contributed by atoms with E-state index in [0.29, 0.717) is 12.3 Å². The van der Waals surface area contributed by atoms with Gasteiger partial charge in [-0.2, -0.15) is 0 Å². The van der Waals surface area contributed by atoms with Crippen molar-refractivity contribution < 1.29 is 9.69 Å². The van der Waals surface area contributed by atoms with Crippen molar-refractivity contribution in [2.24, 2.45) is 0 Å². The second-order valence-electron chi connectivity index (χ2n) is 7.33. The molecule has 6 nitrogen and oxygen atoms in total. The Labute approximate surface area is 176 Å². The monoisotopic (exact) mass is 410 g/mol. The molecule has 0 bridgehead atoms. The lowest BCUT2D eigenvalue weighted by Gasteiger charge is -2.22. The Bertz CT molecular complexity index is 938. The van der Waals surface area contributed by atoms with Crippen molar-refractivity contribution in [3.8, 4) is 5.69 Å². The number of aromatic nitrogens is 3. The van der Waals surface area contributed by atoms with Gasteiger partial charge in [0.1, 0.15) is 11.9 Å². The molecule has 3 aromatic rings. The van der Waals surface area contributed by atoms with Crippen molar-refractivity contribution in [1.82, 2.24) is 20.1 Å². The molecule has 0 aliphatic heterocycles. The molecule has 0 radical (unpaired) electrons. The Balaban J connectivity index is 1.61. The van der Waals surface area contributed by atoms with Gasteiger partial charge in [-0.15, -0.1) is 10.2 Å². The van der Waals surface area contributed by atoms with Gasteiger partial charge in [0.15, 0.2) is 5.16 Å². The molecule has 1 heterocycles. The van der Waals surface area contributed by atoms with E-state index >= 15 is 0 Å². The van der Waals surface area contributed by atoms with Crippen LogP contribution in [-0.4, -0.2) is 47.1 Å². The summed E-state index contributed by atoms with van der Waals surface area (Å²) in [6.07, 6.45) is 0. The number of benzene rings is 2. The molecule has 152 valence electrons. The molecule has 1 aromatic heterocycles. The highest BCUT2D eigenvalue weighted by atomic mass is 32.2. The summed E-state index contributed by atoms with van der Waals surface area (Å²) in [6.45, 7) is 4.57. The number of nitrogens with zero attached hydrogens (tertiary/aromatic N) is 3. The third-order valence-electron chi connectivity index (χ3n) is 4.82. The smallest absolute Gasteiger partial charge is 0.230 e. The largest absolute Gasteiger partial charge is 0.349 e. The second kappa shape index (κ2) is 9.71. The Morgan fingerprint density at radius 1 is 1.07 bits per heavy atom. The molecule has 0 spiro atoms. The van der Waals surface area contributed by atoms with Gasteiger partial charge in [0.05, 0.1) is 26.4 Å². The Kier molecular flexibility index (Phi) is 7.06. The highest BCUT2D eigenvalue weighted by molar-refractivity contribution is 7.99. The van der Waals surface area contributed by atoms with Crippen LogP contribution in [0.3, 0.4) is 0 Å². The zero-order chi connectivity index (χ0) is 20.8. The zero-order valence-electron chi connectivity index (χ0n) is 17.3. The maximum atomic E-state index is 12.5. The number of nitrogens with one attached hydrogen (secondary N) is 2. The SMILES string of the molecule is Cc1ccc(-n2c(C)nnc2SCC(=O)NC[C@H](c2ccccc2)[NH+](C)C)cc1. The van der Waals surface area contributed by atoms with Gasteiger partial charge in [-0.1, -0.05) is 59.8 Å². The van der Waals surface area contributed by atoms with Crippen LogP contribution in [0.1, 0.15) is 23.0 Å². The lowest BCUT2D eigenvalue weighted by atomic mass is 10.1. The van der Waals surface area contributed by atoms with E-state index in [-0.39, 0.29) is 11.9 Å². The molecule has 0 aliphatic rings.